The number of ether oxygens (including phenoxy) is 2. The maximum Gasteiger partial charge on any atom is 0.407 e. The summed E-state index contributed by atoms with van der Waals surface area (Å²) >= 11 is 0. The molecule has 0 aromatic heterocycles. The van der Waals surface area contributed by atoms with Gasteiger partial charge in [-0.3, -0.25) is 0 Å². The van der Waals surface area contributed by atoms with Crippen molar-refractivity contribution in [1.82, 2.24) is 5.32 Å². The number of amides is 1. The molecule has 0 aromatic carbocycles. The summed E-state index contributed by atoms with van der Waals surface area (Å²) in [4.78, 5) is 11.7. The lowest BCUT2D eigenvalue weighted by Crippen LogP contribution is -2.43. The number of hydrogen-bond acceptors (Lipinski definition) is 4. The zero-order chi connectivity index (χ0) is 13.9. The fourth-order valence-electron chi connectivity index (χ4n) is 1.90. The molecule has 1 aliphatic rings. The number of epoxide rings is 1. The first-order valence-corrected chi connectivity index (χ1v) is 6.48. The average molecular weight is 259 g/mol. The third-order valence-corrected chi connectivity index (χ3v) is 2.63. The van der Waals surface area contributed by atoms with E-state index in [-0.39, 0.29) is 24.9 Å². The third kappa shape index (κ3) is 5.23. The number of alkyl carbamates (subject to hydrolysis) is 1. The molecule has 1 amide bonds. The normalized spacial score (nSPS) is 24.8. The van der Waals surface area contributed by atoms with Gasteiger partial charge in [0.05, 0.1) is 12.6 Å². The van der Waals surface area contributed by atoms with Crippen LogP contribution in [0.4, 0.5) is 4.79 Å². The van der Waals surface area contributed by atoms with Crippen LogP contribution in [0.2, 0.25) is 0 Å². The van der Waals surface area contributed by atoms with Crippen molar-refractivity contribution in [2.45, 2.75) is 64.9 Å². The molecule has 5 nitrogen and oxygen atoms in total. The smallest absolute Gasteiger partial charge is 0.407 e. The Morgan fingerprint density at radius 2 is 2.06 bits per heavy atom. The molecule has 1 saturated heterocycles. The van der Waals surface area contributed by atoms with E-state index in [9.17, 15) is 4.79 Å². The molecule has 0 unspecified atom stereocenters. The second kappa shape index (κ2) is 5.89. The highest BCUT2D eigenvalue weighted by atomic mass is 16.6. The molecule has 2 N–H and O–H groups in total. The zero-order valence-electron chi connectivity index (χ0n) is 11.9. The van der Waals surface area contributed by atoms with Gasteiger partial charge in [-0.05, 0) is 33.1 Å². The van der Waals surface area contributed by atoms with Crippen LogP contribution in [0.25, 0.3) is 0 Å². The van der Waals surface area contributed by atoms with Crippen LogP contribution >= 0.6 is 0 Å². The van der Waals surface area contributed by atoms with Gasteiger partial charge in [0.1, 0.15) is 17.8 Å². The van der Waals surface area contributed by atoms with Gasteiger partial charge in [0.25, 0.3) is 0 Å². The SMILES string of the molecule is CC(C)C[C@H](NC(=O)OC(C)(C)C)[C@H]1O[C@@H]1CO. The van der Waals surface area contributed by atoms with E-state index in [2.05, 4.69) is 19.2 Å². The molecule has 0 aliphatic carbocycles. The Labute approximate surface area is 109 Å². The summed E-state index contributed by atoms with van der Waals surface area (Å²) in [6.07, 6.45) is 0.134. The minimum absolute atomic E-state index is 0.00470. The quantitative estimate of drug-likeness (QED) is 0.737. The van der Waals surface area contributed by atoms with Crippen molar-refractivity contribution in [3.8, 4) is 0 Å². The molecule has 0 bridgehead atoms. The number of nitrogens with one attached hydrogen (secondary N) is 1. The van der Waals surface area contributed by atoms with Crippen molar-refractivity contribution in [2.75, 3.05) is 6.61 Å². The van der Waals surface area contributed by atoms with Gasteiger partial charge < -0.3 is 19.9 Å². The average Bonchev–Trinajstić information content (AvgIpc) is 2.91. The molecule has 18 heavy (non-hydrogen) atoms. The molecular weight excluding hydrogens is 234 g/mol. The lowest BCUT2D eigenvalue weighted by atomic mass is 10.00. The van der Waals surface area contributed by atoms with Crippen LogP contribution in [0.1, 0.15) is 41.0 Å². The van der Waals surface area contributed by atoms with E-state index in [0.717, 1.165) is 6.42 Å². The summed E-state index contributed by atoms with van der Waals surface area (Å²) < 4.78 is 10.6. The van der Waals surface area contributed by atoms with Crippen LogP contribution in [0.15, 0.2) is 0 Å². The first kappa shape index (κ1) is 15.2. The van der Waals surface area contributed by atoms with Gasteiger partial charge in [0.2, 0.25) is 0 Å². The Balaban J connectivity index is 2.49. The molecule has 0 saturated carbocycles. The predicted octanol–water partition coefficient (Wildman–Crippen LogP) is 1.69. The summed E-state index contributed by atoms with van der Waals surface area (Å²) in [5.41, 5.74) is -0.507. The van der Waals surface area contributed by atoms with Crippen molar-refractivity contribution < 1.29 is 19.4 Å². The molecular formula is C13H25NO4. The van der Waals surface area contributed by atoms with Crippen molar-refractivity contribution >= 4 is 6.09 Å². The van der Waals surface area contributed by atoms with Crippen LogP contribution in [0.3, 0.4) is 0 Å². The van der Waals surface area contributed by atoms with Gasteiger partial charge in [-0.25, -0.2) is 4.79 Å². The van der Waals surface area contributed by atoms with Crippen LogP contribution in [0.5, 0.6) is 0 Å². The lowest BCUT2D eigenvalue weighted by Gasteiger charge is -2.23. The van der Waals surface area contributed by atoms with E-state index < -0.39 is 11.7 Å². The van der Waals surface area contributed by atoms with Crippen LogP contribution < -0.4 is 5.32 Å². The second-order valence-corrected chi connectivity index (χ2v) is 6.20. The molecule has 3 atom stereocenters. The van der Waals surface area contributed by atoms with Gasteiger partial charge in [-0.1, -0.05) is 13.8 Å². The Morgan fingerprint density at radius 1 is 1.44 bits per heavy atom. The topological polar surface area (TPSA) is 71.1 Å². The van der Waals surface area contributed by atoms with Gasteiger partial charge in [0.15, 0.2) is 0 Å². The first-order chi connectivity index (χ1) is 8.23. The Hall–Kier alpha value is -0.810. The van der Waals surface area contributed by atoms with E-state index in [4.69, 9.17) is 14.6 Å². The standard InChI is InChI=1S/C13H25NO4/c1-8(2)6-9(11-10(7-15)17-11)14-12(16)18-13(3,4)5/h8-11,15H,6-7H2,1-5H3,(H,14,16)/t9-,10+,11+/m0/s1. The number of carbonyl (C=O) groups excluding carboxylic acids is 1. The van der Waals surface area contributed by atoms with E-state index in [1.807, 2.05) is 20.8 Å². The Morgan fingerprint density at radius 3 is 2.44 bits per heavy atom. The summed E-state index contributed by atoms with van der Waals surface area (Å²) in [6.45, 7) is 9.64. The van der Waals surface area contributed by atoms with Crippen molar-refractivity contribution in [1.29, 1.82) is 0 Å². The number of carbonyl (C=O) groups is 1. The molecule has 106 valence electrons. The molecule has 1 heterocycles. The van der Waals surface area contributed by atoms with Gasteiger partial charge in [-0.2, -0.15) is 0 Å². The van der Waals surface area contributed by atoms with Crippen molar-refractivity contribution in [2.24, 2.45) is 5.92 Å². The number of aliphatic hydroxyl groups is 1. The lowest BCUT2D eigenvalue weighted by molar-refractivity contribution is 0.0488. The van der Waals surface area contributed by atoms with E-state index in [1.54, 1.807) is 0 Å². The molecule has 1 aliphatic heterocycles. The van der Waals surface area contributed by atoms with E-state index in [0.29, 0.717) is 5.92 Å². The monoisotopic (exact) mass is 259 g/mol. The number of hydrogen-bond donors (Lipinski definition) is 2. The largest absolute Gasteiger partial charge is 0.444 e. The van der Waals surface area contributed by atoms with Gasteiger partial charge in [0, 0.05) is 0 Å². The maximum absolute atomic E-state index is 11.7. The first-order valence-electron chi connectivity index (χ1n) is 6.48. The van der Waals surface area contributed by atoms with Gasteiger partial charge in [-0.15, -0.1) is 0 Å². The van der Waals surface area contributed by atoms with Crippen LogP contribution in [-0.4, -0.2) is 41.7 Å². The molecule has 1 fully saturated rings. The second-order valence-electron chi connectivity index (χ2n) is 6.20. The summed E-state index contributed by atoms with van der Waals surface area (Å²) in [6, 6.07) is -0.100. The van der Waals surface area contributed by atoms with E-state index in [1.165, 1.54) is 0 Å². The summed E-state index contributed by atoms with van der Waals surface area (Å²) in [5.74, 6) is 0.438. The minimum Gasteiger partial charge on any atom is -0.444 e. The molecule has 1 rings (SSSR count). The van der Waals surface area contributed by atoms with Crippen LogP contribution in [-0.2, 0) is 9.47 Å². The fourth-order valence-corrected chi connectivity index (χ4v) is 1.90. The molecule has 0 radical (unpaired) electrons. The van der Waals surface area contributed by atoms with Crippen LogP contribution in [0, 0.1) is 5.92 Å². The Bertz CT molecular complexity index is 285. The Kier molecular flexibility index (Phi) is 4.99. The predicted molar refractivity (Wildman–Crippen MR) is 68.4 cm³/mol. The number of rotatable bonds is 5. The van der Waals surface area contributed by atoms with Gasteiger partial charge >= 0.3 is 6.09 Å². The molecule has 5 heteroatoms. The number of aliphatic hydroxyl groups excluding tert-OH is 1. The third-order valence-electron chi connectivity index (χ3n) is 2.63. The highest BCUT2D eigenvalue weighted by molar-refractivity contribution is 5.68. The molecule has 0 spiro atoms. The zero-order valence-corrected chi connectivity index (χ0v) is 11.9. The minimum atomic E-state index is -0.507. The maximum atomic E-state index is 11.7. The summed E-state index contributed by atoms with van der Waals surface area (Å²) in [5, 5.41) is 11.8. The fraction of sp³-hybridized carbons (Fsp3) is 0.923. The highest BCUT2D eigenvalue weighted by Gasteiger charge is 2.45. The summed E-state index contributed by atoms with van der Waals surface area (Å²) in [7, 11) is 0. The highest BCUT2D eigenvalue weighted by Crippen LogP contribution is 2.28. The molecule has 0 aromatic rings. The van der Waals surface area contributed by atoms with E-state index >= 15 is 0 Å². The van der Waals surface area contributed by atoms with Crippen molar-refractivity contribution in [3.63, 3.8) is 0 Å². The van der Waals surface area contributed by atoms with Crippen molar-refractivity contribution in [3.05, 3.63) is 0 Å².